The average molecular weight is 673 g/mol. The summed E-state index contributed by atoms with van der Waals surface area (Å²) < 4.78 is 0. The van der Waals surface area contributed by atoms with E-state index in [1.165, 1.54) is 36.8 Å². The van der Waals surface area contributed by atoms with E-state index < -0.39 is 65.7 Å². The number of aromatic hydroxyl groups is 1. The number of aromatic amines is 1. The van der Waals surface area contributed by atoms with E-state index in [9.17, 15) is 39.0 Å². The molecule has 0 unspecified atom stereocenters. The molecule has 11 N–H and O–H groups in total. The second kappa shape index (κ2) is 19.0. The van der Waals surface area contributed by atoms with Crippen LogP contribution in [0.5, 0.6) is 5.75 Å². The lowest BCUT2D eigenvalue weighted by atomic mass is 10.00. The van der Waals surface area contributed by atoms with E-state index in [1.807, 2.05) is 27.7 Å². The van der Waals surface area contributed by atoms with Crippen molar-refractivity contribution in [2.24, 2.45) is 23.3 Å². The predicted octanol–water partition coefficient (Wildman–Crippen LogP) is -0.391. The molecule has 16 heteroatoms. The first-order valence-electron chi connectivity index (χ1n) is 15.8. The molecular weight excluding hydrogens is 624 g/mol. The Labute approximate surface area is 279 Å². The molecule has 0 aliphatic heterocycles. The lowest BCUT2D eigenvalue weighted by Gasteiger charge is -2.27. The van der Waals surface area contributed by atoms with Gasteiger partial charge in [0.2, 0.25) is 29.5 Å². The number of phenols is 1. The molecule has 264 valence electrons. The molecule has 5 atom stereocenters. The largest absolute Gasteiger partial charge is 0.508 e. The number of amides is 5. The van der Waals surface area contributed by atoms with Gasteiger partial charge in [0.05, 0.1) is 12.4 Å². The van der Waals surface area contributed by atoms with E-state index in [-0.39, 0.29) is 49.7 Å². The summed E-state index contributed by atoms with van der Waals surface area (Å²) in [4.78, 5) is 83.8. The van der Waals surface area contributed by atoms with Crippen LogP contribution < -0.4 is 32.7 Å². The Morgan fingerprint density at radius 3 is 1.85 bits per heavy atom. The fraction of sp³-hybridized carbons (Fsp3) is 0.531. The lowest BCUT2D eigenvalue weighted by molar-refractivity contribution is -0.142. The molecule has 2 aromatic rings. The molecule has 0 spiro atoms. The number of hydrogen-bond donors (Lipinski definition) is 9. The second-order valence-corrected chi connectivity index (χ2v) is 12.6. The molecule has 48 heavy (non-hydrogen) atoms. The summed E-state index contributed by atoms with van der Waals surface area (Å²) in [6.07, 6.45) is 2.65. The van der Waals surface area contributed by atoms with Gasteiger partial charge in [-0.25, -0.2) is 9.78 Å². The van der Waals surface area contributed by atoms with Gasteiger partial charge >= 0.3 is 5.97 Å². The Hall–Kier alpha value is -4.99. The second-order valence-electron chi connectivity index (χ2n) is 12.6. The van der Waals surface area contributed by atoms with Crippen LogP contribution in [0.2, 0.25) is 0 Å². The smallest absolute Gasteiger partial charge is 0.326 e. The molecule has 1 heterocycles. The molecule has 5 amide bonds. The van der Waals surface area contributed by atoms with E-state index in [0.29, 0.717) is 17.7 Å². The van der Waals surface area contributed by atoms with Crippen LogP contribution in [0.4, 0.5) is 0 Å². The van der Waals surface area contributed by atoms with Crippen LogP contribution in [0.3, 0.4) is 0 Å². The number of carboxylic acid groups (broad SMARTS) is 1. The number of phenolic OH excluding ortho intramolecular Hbond substituents is 1. The Balaban J connectivity index is 2.29. The minimum atomic E-state index is -1.39. The van der Waals surface area contributed by atoms with E-state index in [1.54, 1.807) is 0 Å². The van der Waals surface area contributed by atoms with Gasteiger partial charge in [0.25, 0.3) is 0 Å². The molecule has 1 aromatic carbocycles. The van der Waals surface area contributed by atoms with Gasteiger partial charge in [-0.05, 0) is 48.8 Å². The number of H-pyrrole nitrogens is 1. The molecule has 0 saturated carbocycles. The van der Waals surface area contributed by atoms with Gasteiger partial charge in [-0.2, -0.15) is 0 Å². The zero-order chi connectivity index (χ0) is 36.0. The van der Waals surface area contributed by atoms with Gasteiger partial charge in [-0.15, -0.1) is 0 Å². The highest BCUT2D eigenvalue weighted by atomic mass is 16.4. The fourth-order valence-electron chi connectivity index (χ4n) is 4.86. The van der Waals surface area contributed by atoms with Crippen molar-refractivity contribution in [1.29, 1.82) is 0 Å². The van der Waals surface area contributed by atoms with Gasteiger partial charge in [0, 0.05) is 31.2 Å². The summed E-state index contributed by atoms with van der Waals surface area (Å²) in [5.41, 5.74) is 12.3. The first kappa shape index (κ1) is 39.2. The van der Waals surface area contributed by atoms with Crippen molar-refractivity contribution in [2.45, 2.75) is 96.4 Å². The molecule has 0 bridgehead atoms. The average Bonchev–Trinajstić information content (AvgIpc) is 3.51. The van der Waals surface area contributed by atoms with Gasteiger partial charge in [-0.3, -0.25) is 24.0 Å². The quantitative estimate of drug-likeness (QED) is 0.0879. The van der Waals surface area contributed by atoms with Gasteiger partial charge in [0.1, 0.15) is 29.9 Å². The lowest BCUT2D eigenvalue weighted by Crippen LogP contribution is -2.59. The number of carboxylic acids is 1. The summed E-state index contributed by atoms with van der Waals surface area (Å²) in [5.74, 6) is -4.90. The number of rotatable bonds is 20. The molecular formula is C32H48N8O8. The number of aliphatic carboxylic acids is 1. The molecule has 0 saturated heterocycles. The van der Waals surface area contributed by atoms with Crippen LogP contribution in [-0.2, 0) is 41.6 Å². The maximum Gasteiger partial charge on any atom is 0.326 e. The highest BCUT2D eigenvalue weighted by Crippen LogP contribution is 2.13. The number of aromatic nitrogens is 2. The van der Waals surface area contributed by atoms with E-state index in [4.69, 9.17) is 11.5 Å². The first-order valence-corrected chi connectivity index (χ1v) is 15.8. The highest BCUT2D eigenvalue weighted by molar-refractivity contribution is 5.95. The molecule has 2 rings (SSSR count). The van der Waals surface area contributed by atoms with E-state index in [0.717, 1.165) is 0 Å². The minimum absolute atomic E-state index is 0.0115. The summed E-state index contributed by atoms with van der Waals surface area (Å²) in [6, 6.07) is -0.203. The zero-order valence-electron chi connectivity index (χ0n) is 27.7. The van der Waals surface area contributed by atoms with Crippen LogP contribution >= 0.6 is 0 Å². The Morgan fingerprint density at radius 2 is 1.31 bits per heavy atom. The minimum Gasteiger partial charge on any atom is -0.508 e. The maximum absolute atomic E-state index is 13.6. The van der Waals surface area contributed by atoms with Crippen LogP contribution in [0.1, 0.15) is 64.6 Å². The third-order valence-corrected chi connectivity index (χ3v) is 7.32. The highest BCUT2D eigenvalue weighted by Gasteiger charge is 2.32. The van der Waals surface area contributed by atoms with Gasteiger partial charge < -0.3 is 47.9 Å². The standard InChI is InChI=1S/C32H48N8O8/c1-17(2)11-22(33)28(43)38-24(12-18(3)4)30(45)37-23(9-10-27(34)42)29(44)39-25(14-20-15-35-16-36-20)31(46)40-26(32(47)48)13-19-5-7-21(41)8-6-19/h5-8,15-18,22-26,41H,9-14,33H2,1-4H3,(H2,34,42)(H,35,36)(H,37,45)(H,38,43)(H,39,44)(H,40,46)(H,47,48)/t22-,23-,24-,25-,26-/m0/s1. The molecule has 0 fully saturated rings. The summed E-state index contributed by atoms with van der Waals surface area (Å²) >= 11 is 0. The predicted molar refractivity (Wildman–Crippen MR) is 175 cm³/mol. The molecule has 0 radical (unpaired) electrons. The Morgan fingerprint density at radius 1 is 0.771 bits per heavy atom. The van der Waals surface area contributed by atoms with Crippen molar-refractivity contribution in [3.8, 4) is 5.75 Å². The number of imidazole rings is 1. The number of carbonyl (C=O) groups is 6. The summed E-state index contributed by atoms with van der Waals surface area (Å²) in [7, 11) is 0. The number of carbonyl (C=O) groups excluding carboxylic acids is 5. The van der Waals surface area contributed by atoms with Crippen LogP contribution in [0.15, 0.2) is 36.8 Å². The third kappa shape index (κ3) is 13.8. The first-order chi connectivity index (χ1) is 22.5. The molecule has 16 nitrogen and oxygen atoms in total. The number of nitrogens with two attached hydrogens (primary N) is 2. The maximum atomic E-state index is 13.6. The van der Waals surface area contributed by atoms with Crippen LogP contribution in [0, 0.1) is 11.8 Å². The van der Waals surface area contributed by atoms with Crippen molar-refractivity contribution in [1.82, 2.24) is 31.2 Å². The SMILES string of the molecule is CC(C)C[C@H](NC(=O)[C@@H](N)CC(C)C)C(=O)N[C@@H](CCC(N)=O)C(=O)N[C@@H](Cc1cnc[nH]1)C(=O)N[C@@H](Cc1ccc(O)cc1)C(=O)O. The van der Waals surface area contributed by atoms with Crippen molar-refractivity contribution in [2.75, 3.05) is 0 Å². The van der Waals surface area contributed by atoms with Crippen molar-refractivity contribution < 1.29 is 39.0 Å². The molecule has 0 aliphatic rings. The van der Waals surface area contributed by atoms with Crippen LogP contribution in [-0.4, -0.2) is 85.9 Å². The molecule has 0 aliphatic carbocycles. The number of hydrogen-bond acceptors (Lipinski definition) is 9. The molecule has 1 aromatic heterocycles. The van der Waals surface area contributed by atoms with Gasteiger partial charge in [-0.1, -0.05) is 39.8 Å². The van der Waals surface area contributed by atoms with E-state index >= 15 is 0 Å². The van der Waals surface area contributed by atoms with Crippen molar-refractivity contribution >= 4 is 35.5 Å². The number of nitrogens with zero attached hydrogens (tertiary/aromatic N) is 1. The topological polar surface area (TPSA) is 272 Å². The fourth-order valence-corrected chi connectivity index (χ4v) is 4.86. The number of nitrogens with one attached hydrogen (secondary N) is 5. The number of primary amides is 1. The van der Waals surface area contributed by atoms with Gasteiger partial charge in [0.15, 0.2) is 0 Å². The Bertz CT molecular complexity index is 1380. The monoisotopic (exact) mass is 672 g/mol. The van der Waals surface area contributed by atoms with Crippen molar-refractivity contribution in [3.63, 3.8) is 0 Å². The normalized spacial score (nSPS) is 14.3. The van der Waals surface area contributed by atoms with E-state index in [2.05, 4.69) is 31.2 Å². The Kier molecular flexibility index (Phi) is 15.5. The third-order valence-electron chi connectivity index (χ3n) is 7.32. The number of benzene rings is 1. The van der Waals surface area contributed by atoms with Crippen molar-refractivity contribution in [3.05, 3.63) is 48.0 Å². The van der Waals surface area contributed by atoms with Crippen LogP contribution in [0.25, 0.3) is 0 Å². The summed E-state index contributed by atoms with van der Waals surface area (Å²) in [6.45, 7) is 7.51. The zero-order valence-corrected chi connectivity index (χ0v) is 27.7. The summed E-state index contributed by atoms with van der Waals surface area (Å²) in [5, 5.41) is 29.6.